The van der Waals surface area contributed by atoms with Gasteiger partial charge in [-0.25, -0.2) is 9.78 Å². The van der Waals surface area contributed by atoms with Crippen molar-refractivity contribution in [1.29, 1.82) is 0 Å². The Bertz CT molecular complexity index is 1160. The Hall–Kier alpha value is -2.50. The van der Waals surface area contributed by atoms with E-state index in [0.29, 0.717) is 12.1 Å². The smallest absolute Gasteiger partial charge is 0.336 e. The van der Waals surface area contributed by atoms with Crippen molar-refractivity contribution >= 4 is 32.5 Å². The molecule has 0 spiro atoms. The van der Waals surface area contributed by atoms with Gasteiger partial charge in [-0.3, -0.25) is 4.90 Å². The highest BCUT2D eigenvalue weighted by atomic mass is 32.1. The highest BCUT2D eigenvalue weighted by molar-refractivity contribution is 7.18. The van der Waals surface area contributed by atoms with Crippen LogP contribution in [0.1, 0.15) is 34.7 Å². The lowest BCUT2D eigenvalue weighted by Crippen LogP contribution is -2.22. The molecule has 1 atom stereocenters. The van der Waals surface area contributed by atoms with Gasteiger partial charge in [-0.2, -0.15) is 0 Å². The quantitative estimate of drug-likeness (QED) is 0.457. The first kappa shape index (κ1) is 17.9. The highest BCUT2D eigenvalue weighted by Gasteiger charge is 2.18. The van der Waals surface area contributed by atoms with Crippen LogP contribution < -0.4 is 5.63 Å². The van der Waals surface area contributed by atoms with Gasteiger partial charge >= 0.3 is 5.63 Å². The van der Waals surface area contributed by atoms with E-state index in [-0.39, 0.29) is 11.7 Å². The minimum absolute atomic E-state index is 0.149. The van der Waals surface area contributed by atoms with E-state index in [9.17, 15) is 4.79 Å². The Morgan fingerprint density at radius 1 is 1.15 bits per heavy atom. The number of benzene rings is 2. The van der Waals surface area contributed by atoms with Crippen molar-refractivity contribution in [3.8, 4) is 0 Å². The third kappa shape index (κ3) is 3.40. The maximum Gasteiger partial charge on any atom is 0.336 e. The molecule has 0 unspecified atom stereocenters. The second-order valence-corrected chi connectivity index (χ2v) is 8.20. The Kier molecular flexibility index (Phi) is 4.58. The Balaban J connectivity index is 1.68. The minimum atomic E-state index is -0.304. The number of rotatable bonds is 4. The third-order valence-corrected chi connectivity index (χ3v) is 6.40. The summed E-state index contributed by atoms with van der Waals surface area (Å²) in [7, 11) is 2.07. The molecule has 4 nitrogen and oxygen atoms in total. The zero-order valence-corrected chi connectivity index (χ0v) is 16.8. The second-order valence-electron chi connectivity index (χ2n) is 7.13. The molecule has 0 saturated carbocycles. The summed E-state index contributed by atoms with van der Waals surface area (Å²) in [6.07, 6.45) is 0. The van der Waals surface area contributed by atoms with Crippen LogP contribution in [-0.2, 0) is 6.54 Å². The number of hydrogen-bond acceptors (Lipinski definition) is 5. The average molecular weight is 378 g/mol. The summed E-state index contributed by atoms with van der Waals surface area (Å²) < 4.78 is 6.62. The predicted molar refractivity (Wildman–Crippen MR) is 111 cm³/mol. The number of aryl methyl sites for hydroxylation is 2. The molecular weight excluding hydrogens is 356 g/mol. The molecule has 0 aliphatic heterocycles. The number of para-hydroxylation sites is 1. The molecule has 2 aromatic heterocycles. The normalized spacial score (nSPS) is 12.9. The molecule has 0 N–H and O–H groups in total. The fourth-order valence-electron chi connectivity index (χ4n) is 3.28. The molecule has 138 valence electrons. The molecule has 4 rings (SSSR count). The maximum atomic E-state index is 12.0. The van der Waals surface area contributed by atoms with Crippen LogP contribution in [0.25, 0.3) is 21.2 Å². The van der Waals surface area contributed by atoms with E-state index in [0.717, 1.165) is 27.0 Å². The standard InChI is InChI=1S/C22H22N2O2S/c1-13-9-17-16(11-21(25)26-19(17)10-14(13)2)12-24(4)15(3)22-23-18-7-5-6-8-20(18)27-22/h5-11,15H,12H2,1-4H3/t15-/m0/s1. The molecule has 0 aliphatic rings. The maximum absolute atomic E-state index is 12.0. The second kappa shape index (κ2) is 6.91. The van der Waals surface area contributed by atoms with Gasteiger partial charge in [0, 0.05) is 18.0 Å². The van der Waals surface area contributed by atoms with Crippen molar-refractivity contribution in [2.45, 2.75) is 33.4 Å². The first-order valence-electron chi connectivity index (χ1n) is 9.02. The van der Waals surface area contributed by atoms with E-state index >= 15 is 0 Å². The van der Waals surface area contributed by atoms with Crippen molar-refractivity contribution in [3.05, 3.63) is 74.6 Å². The summed E-state index contributed by atoms with van der Waals surface area (Å²) in [5, 5.41) is 2.08. The van der Waals surface area contributed by atoms with Gasteiger partial charge in [-0.15, -0.1) is 11.3 Å². The largest absolute Gasteiger partial charge is 0.423 e. The van der Waals surface area contributed by atoms with Crippen molar-refractivity contribution < 1.29 is 4.42 Å². The molecule has 2 aromatic carbocycles. The van der Waals surface area contributed by atoms with Crippen LogP contribution in [0, 0.1) is 13.8 Å². The molecule has 0 amide bonds. The molecule has 2 heterocycles. The van der Waals surface area contributed by atoms with E-state index in [4.69, 9.17) is 9.40 Å². The van der Waals surface area contributed by atoms with E-state index in [1.165, 1.54) is 10.3 Å². The number of hydrogen-bond donors (Lipinski definition) is 0. The van der Waals surface area contributed by atoms with Crippen LogP contribution in [-0.4, -0.2) is 16.9 Å². The van der Waals surface area contributed by atoms with E-state index in [2.05, 4.69) is 37.9 Å². The number of thiazole rings is 1. The lowest BCUT2D eigenvalue weighted by atomic mass is 10.0. The molecule has 27 heavy (non-hydrogen) atoms. The van der Waals surface area contributed by atoms with Gasteiger partial charge in [0.2, 0.25) is 0 Å². The Morgan fingerprint density at radius 3 is 2.67 bits per heavy atom. The van der Waals surface area contributed by atoms with Crippen LogP contribution >= 0.6 is 11.3 Å². The average Bonchev–Trinajstić information content (AvgIpc) is 3.06. The van der Waals surface area contributed by atoms with Crippen molar-refractivity contribution in [1.82, 2.24) is 9.88 Å². The number of fused-ring (bicyclic) bond motifs is 2. The summed E-state index contributed by atoms with van der Waals surface area (Å²) in [6.45, 7) is 6.92. The van der Waals surface area contributed by atoms with Crippen molar-refractivity contribution in [2.75, 3.05) is 7.05 Å². The molecule has 5 heteroatoms. The van der Waals surface area contributed by atoms with E-state index < -0.39 is 0 Å². The first-order chi connectivity index (χ1) is 12.9. The molecule has 0 bridgehead atoms. The zero-order chi connectivity index (χ0) is 19.1. The third-order valence-electron chi connectivity index (χ3n) is 5.19. The fraction of sp³-hybridized carbons (Fsp3) is 0.273. The summed E-state index contributed by atoms with van der Waals surface area (Å²) >= 11 is 1.72. The van der Waals surface area contributed by atoms with E-state index in [1.54, 1.807) is 17.4 Å². The van der Waals surface area contributed by atoms with Crippen LogP contribution in [0.15, 0.2) is 51.7 Å². The Morgan fingerprint density at radius 2 is 1.89 bits per heavy atom. The van der Waals surface area contributed by atoms with Gasteiger partial charge in [0.15, 0.2) is 0 Å². The minimum Gasteiger partial charge on any atom is -0.423 e. The summed E-state index contributed by atoms with van der Waals surface area (Å²) in [6, 6.07) is 14.0. The monoisotopic (exact) mass is 378 g/mol. The summed E-state index contributed by atoms with van der Waals surface area (Å²) in [4.78, 5) is 19.0. The van der Waals surface area contributed by atoms with Crippen LogP contribution in [0.2, 0.25) is 0 Å². The number of aromatic nitrogens is 1. The van der Waals surface area contributed by atoms with Gasteiger partial charge in [-0.1, -0.05) is 12.1 Å². The topological polar surface area (TPSA) is 46.3 Å². The van der Waals surface area contributed by atoms with Gasteiger partial charge < -0.3 is 4.42 Å². The van der Waals surface area contributed by atoms with Gasteiger partial charge in [0.05, 0.1) is 16.3 Å². The van der Waals surface area contributed by atoms with Gasteiger partial charge in [0.1, 0.15) is 10.6 Å². The van der Waals surface area contributed by atoms with Crippen molar-refractivity contribution in [3.63, 3.8) is 0 Å². The summed E-state index contributed by atoms with van der Waals surface area (Å²) in [5.74, 6) is 0. The number of nitrogens with zero attached hydrogens (tertiary/aromatic N) is 2. The van der Waals surface area contributed by atoms with Crippen LogP contribution in [0.5, 0.6) is 0 Å². The lowest BCUT2D eigenvalue weighted by Gasteiger charge is -2.23. The van der Waals surface area contributed by atoms with E-state index in [1.807, 2.05) is 31.2 Å². The molecule has 0 aliphatic carbocycles. The Labute approximate surface area is 162 Å². The molecule has 4 aromatic rings. The van der Waals surface area contributed by atoms with Crippen LogP contribution in [0.3, 0.4) is 0 Å². The molecule has 0 fully saturated rings. The fourth-order valence-corrected chi connectivity index (χ4v) is 4.36. The molecule has 0 saturated heterocycles. The first-order valence-corrected chi connectivity index (χ1v) is 9.83. The lowest BCUT2D eigenvalue weighted by molar-refractivity contribution is 0.253. The molecular formula is C22H22N2O2S. The zero-order valence-electron chi connectivity index (χ0n) is 15.9. The van der Waals surface area contributed by atoms with Crippen LogP contribution in [0.4, 0.5) is 0 Å². The van der Waals surface area contributed by atoms with Gasteiger partial charge in [-0.05, 0) is 68.8 Å². The predicted octanol–water partition coefficient (Wildman–Crippen LogP) is 5.21. The van der Waals surface area contributed by atoms with Gasteiger partial charge in [0.25, 0.3) is 0 Å². The summed E-state index contributed by atoms with van der Waals surface area (Å²) in [5.41, 5.74) is 4.69. The van der Waals surface area contributed by atoms with Crippen molar-refractivity contribution in [2.24, 2.45) is 0 Å². The highest BCUT2D eigenvalue weighted by Crippen LogP contribution is 2.30. The SMILES string of the molecule is Cc1cc2oc(=O)cc(CN(C)[C@@H](C)c3nc4ccccc4s3)c2cc1C. The molecule has 0 radical (unpaired) electrons.